The highest BCUT2D eigenvalue weighted by Gasteiger charge is 2.34. The lowest BCUT2D eigenvalue weighted by Crippen LogP contribution is -2.32. The normalized spacial score (nSPS) is 19.5. The molecule has 0 saturated carbocycles. The average Bonchev–Trinajstić information content (AvgIpc) is 2.81. The van der Waals surface area contributed by atoms with Crippen LogP contribution in [0.15, 0.2) is 48.5 Å². The van der Waals surface area contributed by atoms with Gasteiger partial charge in [-0.2, -0.15) is 0 Å². The van der Waals surface area contributed by atoms with Crippen LogP contribution in [-0.2, 0) is 24.1 Å². The van der Waals surface area contributed by atoms with Crippen LogP contribution >= 0.6 is 0 Å². The number of rotatable bonds is 5. The quantitative estimate of drug-likeness (QED) is 0.916. The zero-order chi connectivity index (χ0) is 15.6. The Hall–Kier alpha value is -2.29. The Morgan fingerprint density at radius 2 is 1.95 bits per heavy atom. The average molecular weight is 296 g/mol. The molecule has 0 aliphatic carbocycles. The molecule has 0 spiro atoms. The molecule has 0 amide bonds. The molecule has 1 N–H and O–H groups in total. The Bertz CT molecular complexity index is 678. The Morgan fingerprint density at radius 3 is 2.68 bits per heavy atom. The van der Waals surface area contributed by atoms with Crippen LogP contribution in [0.25, 0.3) is 0 Å². The van der Waals surface area contributed by atoms with Crippen molar-refractivity contribution < 1.29 is 14.6 Å². The molecule has 3 nitrogen and oxygen atoms in total. The van der Waals surface area contributed by atoms with Crippen LogP contribution in [0, 0.1) is 0 Å². The van der Waals surface area contributed by atoms with E-state index in [1.54, 1.807) is 0 Å². The summed E-state index contributed by atoms with van der Waals surface area (Å²) in [4.78, 5) is 10.7. The minimum absolute atomic E-state index is 0.168. The molecule has 22 heavy (non-hydrogen) atoms. The van der Waals surface area contributed by atoms with Gasteiger partial charge in [0.05, 0.1) is 0 Å². The van der Waals surface area contributed by atoms with E-state index in [2.05, 4.69) is 25.1 Å². The molecule has 3 heteroatoms. The number of ether oxygens (including phenoxy) is 1. The van der Waals surface area contributed by atoms with Crippen molar-refractivity contribution in [1.29, 1.82) is 0 Å². The molecule has 0 aromatic heterocycles. The standard InChI is InChI=1S/C19H20O3/c1-19(12-15-5-3-2-4-6-15)13-16-11-14(8-10-18(20)21)7-9-17(16)22-19/h2-7,9,11H,8,10,12-13H2,1H3,(H,20,21)/t19-/m1/s1. The van der Waals surface area contributed by atoms with E-state index in [4.69, 9.17) is 9.84 Å². The predicted octanol–water partition coefficient (Wildman–Crippen LogP) is 3.64. The third kappa shape index (κ3) is 3.30. The highest BCUT2D eigenvalue weighted by Crippen LogP contribution is 2.37. The Balaban J connectivity index is 1.73. The number of carboxylic acid groups (broad SMARTS) is 1. The van der Waals surface area contributed by atoms with Gasteiger partial charge in [-0.05, 0) is 36.1 Å². The van der Waals surface area contributed by atoms with Gasteiger partial charge in [-0.25, -0.2) is 0 Å². The van der Waals surface area contributed by atoms with Crippen LogP contribution in [-0.4, -0.2) is 16.7 Å². The third-order valence-corrected chi connectivity index (χ3v) is 4.09. The molecule has 0 unspecified atom stereocenters. The maximum atomic E-state index is 10.7. The molecule has 1 aliphatic heterocycles. The van der Waals surface area contributed by atoms with Crippen molar-refractivity contribution in [1.82, 2.24) is 0 Å². The van der Waals surface area contributed by atoms with E-state index in [1.807, 2.05) is 30.3 Å². The van der Waals surface area contributed by atoms with E-state index >= 15 is 0 Å². The lowest BCUT2D eigenvalue weighted by Gasteiger charge is -2.24. The monoisotopic (exact) mass is 296 g/mol. The molecule has 3 rings (SSSR count). The van der Waals surface area contributed by atoms with Crippen molar-refractivity contribution >= 4 is 5.97 Å². The summed E-state index contributed by atoms with van der Waals surface area (Å²) in [7, 11) is 0. The molecule has 0 radical (unpaired) electrons. The smallest absolute Gasteiger partial charge is 0.303 e. The van der Waals surface area contributed by atoms with Crippen LogP contribution in [0.4, 0.5) is 0 Å². The second-order valence-electron chi connectivity index (χ2n) is 6.23. The molecule has 0 fully saturated rings. The van der Waals surface area contributed by atoms with E-state index < -0.39 is 5.97 Å². The zero-order valence-corrected chi connectivity index (χ0v) is 12.7. The van der Waals surface area contributed by atoms with Gasteiger partial charge in [-0.1, -0.05) is 42.5 Å². The molecule has 114 valence electrons. The molecule has 1 aliphatic rings. The fraction of sp³-hybridized carbons (Fsp3) is 0.316. The van der Waals surface area contributed by atoms with Crippen LogP contribution in [0.5, 0.6) is 5.75 Å². The van der Waals surface area contributed by atoms with Crippen molar-refractivity contribution in [3.63, 3.8) is 0 Å². The highest BCUT2D eigenvalue weighted by atomic mass is 16.5. The first-order valence-corrected chi connectivity index (χ1v) is 7.61. The number of hydrogen-bond donors (Lipinski definition) is 1. The fourth-order valence-corrected chi connectivity index (χ4v) is 3.11. The van der Waals surface area contributed by atoms with Gasteiger partial charge in [0, 0.05) is 19.3 Å². The maximum Gasteiger partial charge on any atom is 0.303 e. The Labute approximate surface area is 130 Å². The third-order valence-electron chi connectivity index (χ3n) is 4.09. The molecule has 1 heterocycles. The summed E-state index contributed by atoms with van der Waals surface area (Å²) in [6, 6.07) is 16.4. The lowest BCUT2D eigenvalue weighted by atomic mass is 9.91. The van der Waals surface area contributed by atoms with Crippen LogP contribution < -0.4 is 4.74 Å². The predicted molar refractivity (Wildman–Crippen MR) is 85.3 cm³/mol. The van der Waals surface area contributed by atoms with Gasteiger partial charge in [-0.3, -0.25) is 4.79 Å². The van der Waals surface area contributed by atoms with E-state index in [1.165, 1.54) is 11.1 Å². The van der Waals surface area contributed by atoms with E-state index in [-0.39, 0.29) is 12.0 Å². The van der Waals surface area contributed by atoms with Crippen molar-refractivity contribution in [2.75, 3.05) is 0 Å². The van der Waals surface area contributed by atoms with E-state index in [0.717, 1.165) is 24.2 Å². The summed E-state index contributed by atoms with van der Waals surface area (Å²) in [5.74, 6) is 0.170. The lowest BCUT2D eigenvalue weighted by molar-refractivity contribution is -0.136. The Kier molecular flexibility index (Phi) is 3.88. The summed E-state index contributed by atoms with van der Waals surface area (Å²) < 4.78 is 6.16. The molecule has 2 aromatic rings. The van der Waals surface area contributed by atoms with Crippen LogP contribution in [0.1, 0.15) is 30.0 Å². The summed E-state index contributed by atoms with van der Waals surface area (Å²) in [5, 5.41) is 8.79. The minimum Gasteiger partial charge on any atom is -0.487 e. The van der Waals surface area contributed by atoms with Gasteiger partial charge in [0.2, 0.25) is 0 Å². The maximum absolute atomic E-state index is 10.7. The number of benzene rings is 2. The highest BCUT2D eigenvalue weighted by molar-refractivity contribution is 5.67. The molecule has 2 aromatic carbocycles. The number of carboxylic acids is 1. The van der Waals surface area contributed by atoms with Gasteiger partial charge in [0.25, 0.3) is 0 Å². The fourth-order valence-electron chi connectivity index (χ4n) is 3.11. The zero-order valence-electron chi connectivity index (χ0n) is 12.7. The van der Waals surface area contributed by atoms with Crippen molar-refractivity contribution in [3.8, 4) is 5.75 Å². The second-order valence-corrected chi connectivity index (χ2v) is 6.23. The first-order chi connectivity index (χ1) is 10.5. The molecular weight excluding hydrogens is 276 g/mol. The largest absolute Gasteiger partial charge is 0.487 e. The van der Waals surface area contributed by atoms with Gasteiger partial charge >= 0.3 is 5.97 Å². The van der Waals surface area contributed by atoms with Crippen LogP contribution in [0.3, 0.4) is 0 Å². The van der Waals surface area contributed by atoms with Gasteiger partial charge in [0.15, 0.2) is 0 Å². The molecule has 1 atom stereocenters. The molecule has 0 bridgehead atoms. The Morgan fingerprint density at radius 1 is 1.18 bits per heavy atom. The number of hydrogen-bond acceptors (Lipinski definition) is 2. The van der Waals surface area contributed by atoms with Gasteiger partial charge < -0.3 is 9.84 Å². The SMILES string of the molecule is C[C@@]1(Cc2ccccc2)Cc2cc(CCC(=O)O)ccc2O1. The number of aliphatic carboxylic acids is 1. The van der Waals surface area contributed by atoms with Crippen LogP contribution in [0.2, 0.25) is 0 Å². The summed E-state index contributed by atoms with van der Waals surface area (Å²) >= 11 is 0. The minimum atomic E-state index is -0.759. The van der Waals surface area contributed by atoms with Gasteiger partial charge in [0.1, 0.15) is 11.4 Å². The van der Waals surface area contributed by atoms with Gasteiger partial charge in [-0.15, -0.1) is 0 Å². The first-order valence-electron chi connectivity index (χ1n) is 7.61. The molecule has 0 saturated heterocycles. The van der Waals surface area contributed by atoms with E-state index in [9.17, 15) is 4.79 Å². The number of aryl methyl sites for hydroxylation is 1. The van der Waals surface area contributed by atoms with Crippen molar-refractivity contribution in [3.05, 3.63) is 65.2 Å². The van der Waals surface area contributed by atoms with E-state index in [0.29, 0.717) is 6.42 Å². The number of carbonyl (C=O) groups is 1. The second kappa shape index (κ2) is 5.84. The number of fused-ring (bicyclic) bond motifs is 1. The summed E-state index contributed by atoms with van der Waals surface area (Å²) in [6.07, 6.45) is 2.46. The summed E-state index contributed by atoms with van der Waals surface area (Å²) in [5.41, 5.74) is 3.29. The molecular formula is C19H20O3. The topological polar surface area (TPSA) is 46.5 Å². The van der Waals surface area contributed by atoms with Crippen molar-refractivity contribution in [2.24, 2.45) is 0 Å². The first kappa shape index (κ1) is 14.6. The summed E-state index contributed by atoms with van der Waals surface area (Å²) in [6.45, 7) is 2.14. The van der Waals surface area contributed by atoms with Crippen molar-refractivity contribution in [2.45, 2.75) is 38.2 Å².